The molecule has 1 aliphatic rings. The van der Waals surface area contributed by atoms with Crippen LogP contribution in [-0.2, 0) is 0 Å². The Morgan fingerprint density at radius 1 is 1.12 bits per heavy atom. The highest BCUT2D eigenvalue weighted by atomic mass is 16.4. The average Bonchev–Trinajstić information content (AvgIpc) is 3.06. The molecule has 0 spiro atoms. The van der Waals surface area contributed by atoms with E-state index in [1.165, 1.54) is 5.56 Å². The number of nitrogens with one attached hydrogen (secondary N) is 2. The molecule has 1 fully saturated rings. The highest BCUT2D eigenvalue weighted by molar-refractivity contribution is 5.88. The van der Waals surface area contributed by atoms with Gasteiger partial charge in [0.1, 0.15) is 5.82 Å². The van der Waals surface area contributed by atoms with Gasteiger partial charge in [0, 0.05) is 11.8 Å². The predicted molar refractivity (Wildman–Crippen MR) is 91.1 cm³/mol. The van der Waals surface area contributed by atoms with Crippen LogP contribution in [0.5, 0.6) is 0 Å². The number of piperidine rings is 1. The number of carboxylic acid groups (broad SMARTS) is 1. The molecule has 0 saturated carbocycles. The van der Waals surface area contributed by atoms with E-state index in [9.17, 15) is 4.79 Å². The van der Waals surface area contributed by atoms with Crippen LogP contribution in [0.4, 0.5) is 0 Å². The SMILES string of the molecule is O=C(O)c1ccc(-c2nc3nccc(C4CCNCC4)c3[nH]2)cc1. The molecule has 122 valence electrons. The lowest BCUT2D eigenvalue weighted by molar-refractivity contribution is 0.0697. The van der Waals surface area contributed by atoms with Gasteiger partial charge in [0.15, 0.2) is 5.65 Å². The van der Waals surface area contributed by atoms with Crippen LogP contribution in [0.25, 0.3) is 22.6 Å². The number of pyridine rings is 1. The standard InChI is InChI=1S/C18H18N4O2/c23-18(24)13-3-1-12(2-4-13)16-21-15-14(7-10-20-17(15)22-16)11-5-8-19-9-6-11/h1-4,7,10-11,19H,5-6,8-9H2,(H,23,24)(H,20,21,22). The number of hydrogen-bond acceptors (Lipinski definition) is 4. The number of nitrogens with zero attached hydrogens (tertiary/aromatic N) is 2. The molecule has 0 radical (unpaired) electrons. The van der Waals surface area contributed by atoms with Crippen LogP contribution in [0.15, 0.2) is 36.5 Å². The van der Waals surface area contributed by atoms with Crippen LogP contribution in [0.2, 0.25) is 0 Å². The molecular weight excluding hydrogens is 304 g/mol. The Labute approximate surface area is 139 Å². The third-order valence-electron chi connectivity index (χ3n) is 4.61. The number of carboxylic acids is 1. The Morgan fingerprint density at radius 3 is 2.58 bits per heavy atom. The number of H-pyrrole nitrogens is 1. The molecule has 2 aromatic heterocycles. The average molecular weight is 322 g/mol. The predicted octanol–water partition coefficient (Wildman–Crippen LogP) is 2.79. The molecule has 0 unspecified atom stereocenters. The normalized spacial score (nSPS) is 15.7. The molecule has 3 N–H and O–H groups in total. The van der Waals surface area contributed by atoms with Gasteiger partial charge >= 0.3 is 5.97 Å². The fraction of sp³-hybridized carbons (Fsp3) is 0.278. The number of aromatic nitrogens is 3. The van der Waals surface area contributed by atoms with Crippen molar-refractivity contribution in [1.82, 2.24) is 20.3 Å². The van der Waals surface area contributed by atoms with Crippen molar-refractivity contribution in [2.75, 3.05) is 13.1 Å². The third kappa shape index (κ3) is 2.65. The molecule has 3 aromatic rings. The van der Waals surface area contributed by atoms with Crippen LogP contribution >= 0.6 is 0 Å². The number of benzene rings is 1. The number of aromatic amines is 1. The number of carbonyl (C=O) groups is 1. The lowest BCUT2D eigenvalue weighted by Crippen LogP contribution is -2.26. The molecule has 0 bridgehead atoms. The summed E-state index contributed by atoms with van der Waals surface area (Å²) in [5.41, 5.74) is 4.09. The molecule has 1 saturated heterocycles. The maximum absolute atomic E-state index is 11.0. The van der Waals surface area contributed by atoms with Crippen molar-refractivity contribution in [3.63, 3.8) is 0 Å². The second-order valence-corrected chi connectivity index (χ2v) is 6.09. The second kappa shape index (κ2) is 6.05. The summed E-state index contributed by atoms with van der Waals surface area (Å²) in [7, 11) is 0. The maximum atomic E-state index is 11.0. The molecule has 1 aromatic carbocycles. The zero-order valence-electron chi connectivity index (χ0n) is 13.1. The second-order valence-electron chi connectivity index (χ2n) is 6.09. The van der Waals surface area contributed by atoms with Crippen molar-refractivity contribution < 1.29 is 9.90 Å². The minimum absolute atomic E-state index is 0.267. The summed E-state index contributed by atoms with van der Waals surface area (Å²) in [6, 6.07) is 8.79. The van der Waals surface area contributed by atoms with Crippen molar-refractivity contribution in [3.05, 3.63) is 47.7 Å². The Balaban J connectivity index is 1.73. The van der Waals surface area contributed by atoms with Crippen molar-refractivity contribution in [2.24, 2.45) is 0 Å². The zero-order valence-corrected chi connectivity index (χ0v) is 13.1. The number of hydrogen-bond donors (Lipinski definition) is 3. The number of aromatic carboxylic acids is 1. The van der Waals surface area contributed by atoms with E-state index in [4.69, 9.17) is 5.11 Å². The molecule has 6 heteroatoms. The van der Waals surface area contributed by atoms with Gasteiger partial charge in [-0.15, -0.1) is 0 Å². The van der Waals surface area contributed by atoms with Gasteiger partial charge in [0.05, 0.1) is 11.1 Å². The van der Waals surface area contributed by atoms with Crippen molar-refractivity contribution >= 4 is 17.1 Å². The van der Waals surface area contributed by atoms with Crippen LogP contribution < -0.4 is 5.32 Å². The Morgan fingerprint density at radius 2 is 1.88 bits per heavy atom. The first-order chi connectivity index (χ1) is 11.7. The van der Waals surface area contributed by atoms with E-state index >= 15 is 0 Å². The zero-order chi connectivity index (χ0) is 16.5. The summed E-state index contributed by atoms with van der Waals surface area (Å²) < 4.78 is 0. The van der Waals surface area contributed by atoms with Gasteiger partial charge in [0.2, 0.25) is 0 Å². The first-order valence-corrected chi connectivity index (χ1v) is 8.11. The number of rotatable bonds is 3. The van der Waals surface area contributed by atoms with Crippen molar-refractivity contribution in [2.45, 2.75) is 18.8 Å². The molecule has 3 heterocycles. The molecule has 1 aliphatic heterocycles. The minimum atomic E-state index is -0.930. The van der Waals surface area contributed by atoms with Gasteiger partial charge in [-0.2, -0.15) is 0 Å². The van der Waals surface area contributed by atoms with Crippen LogP contribution in [0, 0.1) is 0 Å². The quantitative estimate of drug-likeness (QED) is 0.690. The smallest absolute Gasteiger partial charge is 0.335 e. The van der Waals surface area contributed by atoms with Crippen LogP contribution in [0.3, 0.4) is 0 Å². The first-order valence-electron chi connectivity index (χ1n) is 8.11. The van der Waals surface area contributed by atoms with E-state index < -0.39 is 5.97 Å². The Bertz CT molecular complexity index is 880. The van der Waals surface area contributed by atoms with E-state index in [0.29, 0.717) is 11.6 Å². The minimum Gasteiger partial charge on any atom is -0.478 e. The molecule has 0 amide bonds. The lowest BCUT2D eigenvalue weighted by Gasteiger charge is -2.23. The van der Waals surface area contributed by atoms with Gasteiger partial charge in [-0.3, -0.25) is 0 Å². The molecular formula is C18H18N4O2. The fourth-order valence-corrected chi connectivity index (χ4v) is 3.31. The van der Waals surface area contributed by atoms with Crippen molar-refractivity contribution in [1.29, 1.82) is 0 Å². The highest BCUT2D eigenvalue weighted by Gasteiger charge is 2.19. The van der Waals surface area contributed by atoms with Gasteiger partial charge in [-0.1, -0.05) is 12.1 Å². The molecule has 0 aliphatic carbocycles. The summed E-state index contributed by atoms with van der Waals surface area (Å²) in [6.45, 7) is 2.07. The molecule has 0 atom stereocenters. The Kier molecular flexibility index (Phi) is 3.74. The fourth-order valence-electron chi connectivity index (χ4n) is 3.31. The maximum Gasteiger partial charge on any atom is 0.335 e. The highest BCUT2D eigenvalue weighted by Crippen LogP contribution is 2.31. The number of fused-ring (bicyclic) bond motifs is 1. The Hall–Kier alpha value is -2.73. The molecule has 24 heavy (non-hydrogen) atoms. The summed E-state index contributed by atoms with van der Waals surface area (Å²) in [5.74, 6) is 0.302. The third-order valence-corrected chi connectivity index (χ3v) is 4.61. The summed E-state index contributed by atoms with van der Waals surface area (Å²) in [6.07, 6.45) is 4.04. The van der Waals surface area contributed by atoms with E-state index in [2.05, 4.69) is 26.3 Å². The number of imidazole rings is 1. The van der Waals surface area contributed by atoms with E-state index in [1.54, 1.807) is 24.3 Å². The topological polar surface area (TPSA) is 90.9 Å². The van der Waals surface area contributed by atoms with Crippen molar-refractivity contribution in [3.8, 4) is 11.4 Å². The monoisotopic (exact) mass is 322 g/mol. The van der Waals surface area contributed by atoms with Crippen LogP contribution in [0.1, 0.15) is 34.7 Å². The molecule has 4 rings (SSSR count). The van der Waals surface area contributed by atoms with E-state index in [1.807, 2.05) is 6.20 Å². The summed E-state index contributed by atoms with van der Waals surface area (Å²) >= 11 is 0. The van der Waals surface area contributed by atoms with Gasteiger partial charge in [-0.05, 0) is 55.6 Å². The van der Waals surface area contributed by atoms with E-state index in [-0.39, 0.29) is 5.56 Å². The van der Waals surface area contributed by atoms with Gasteiger partial charge in [-0.25, -0.2) is 14.8 Å². The lowest BCUT2D eigenvalue weighted by atomic mass is 9.90. The molecule has 6 nitrogen and oxygen atoms in total. The largest absolute Gasteiger partial charge is 0.478 e. The van der Waals surface area contributed by atoms with Crippen LogP contribution in [-0.4, -0.2) is 39.1 Å². The van der Waals surface area contributed by atoms with E-state index in [0.717, 1.165) is 42.8 Å². The van der Waals surface area contributed by atoms with Gasteiger partial charge in [0.25, 0.3) is 0 Å². The van der Waals surface area contributed by atoms with Gasteiger partial charge < -0.3 is 15.4 Å². The first kappa shape index (κ1) is 14.8. The summed E-state index contributed by atoms with van der Waals surface area (Å²) in [4.78, 5) is 23.3. The summed E-state index contributed by atoms with van der Waals surface area (Å²) in [5, 5.41) is 12.4.